The van der Waals surface area contributed by atoms with Gasteiger partial charge in [0.25, 0.3) is 0 Å². The Morgan fingerprint density at radius 2 is 2.41 bits per heavy atom. The van der Waals surface area contributed by atoms with E-state index >= 15 is 0 Å². The molecule has 0 bridgehead atoms. The number of carbonyl (C=O) groups excluding carboxylic acids is 1. The van der Waals surface area contributed by atoms with Crippen molar-refractivity contribution in [2.75, 3.05) is 30.4 Å². The topological polar surface area (TPSA) is 71.2 Å². The Bertz CT molecular complexity index is 407. The molecule has 17 heavy (non-hydrogen) atoms. The molecular formula is C12H18N4O. The molecular weight excluding hydrogens is 216 g/mol. The Kier molecular flexibility index (Phi) is 3.46. The van der Waals surface area contributed by atoms with Crippen molar-refractivity contribution >= 4 is 17.3 Å². The van der Waals surface area contributed by atoms with E-state index in [0.29, 0.717) is 6.54 Å². The van der Waals surface area contributed by atoms with Gasteiger partial charge in [-0.2, -0.15) is 0 Å². The maximum Gasteiger partial charge on any atom is 0.222 e. The normalized spacial score (nSPS) is 20.1. The first-order valence-electron chi connectivity index (χ1n) is 5.88. The van der Waals surface area contributed by atoms with E-state index < -0.39 is 0 Å². The lowest BCUT2D eigenvalue weighted by Gasteiger charge is -2.32. The lowest BCUT2D eigenvalue weighted by Crippen LogP contribution is -2.41. The molecule has 0 radical (unpaired) electrons. The van der Waals surface area contributed by atoms with Gasteiger partial charge >= 0.3 is 0 Å². The second kappa shape index (κ2) is 5.03. The number of amides is 1. The molecule has 1 amide bonds. The van der Waals surface area contributed by atoms with Crippen LogP contribution in [0, 0.1) is 5.92 Å². The molecule has 1 aliphatic heterocycles. The third-order valence-corrected chi connectivity index (χ3v) is 3.20. The Morgan fingerprint density at radius 1 is 1.59 bits per heavy atom. The van der Waals surface area contributed by atoms with Crippen molar-refractivity contribution in [3.63, 3.8) is 0 Å². The molecule has 2 heterocycles. The summed E-state index contributed by atoms with van der Waals surface area (Å²) in [5.74, 6) is -0.241. The van der Waals surface area contributed by atoms with Gasteiger partial charge in [0.15, 0.2) is 0 Å². The van der Waals surface area contributed by atoms with Crippen LogP contribution in [0.2, 0.25) is 0 Å². The maximum absolute atomic E-state index is 11.2. The number of piperidine rings is 1. The average Bonchev–Trinajstić information content (AvgIpc) is 2.39. The fourth-order valence-electron chi connectivity index (χ4n) is 2.18. The average molecular weight is 234 g/mol. The zero-order chi connectivity index (χ0) is 12.3. The summed E-state index contributed by atoms with van der Waals surface area (Å²) < 4.78 is 0. The van der Waals surface area contributed by atoms with Crippen LogP contribution in [0.15, 0.2) is 18.5 Å². The minimum Gasteiger partial charge on any atom is -0.387 e. The number of anilines is 2. The van der Waals surface area contributed by atoms with Crippen molar-refractivity contribution in [2.45, 2.75) is 12.8 Å². The molecule has 1 aromatic rings. The van der Waals surface area contributed by atoms with E-state index in [0.717, 1.165) is 30.8 Å². The molecule has 3 N–H and O–H groups in total. The van der Waals surface area contributed by atoms with Crippen LogP contribution in [0.1, 0.15) is 12.8 Å². The van der Waals surface area contributed by atoms with Crippen LogP contribution in [-0.4, -0.2) is 31.0 Å². The van der Waals surface area contributed by atoms with E-state index in [1.165, 1.54) is 0 Å². The standard InChI is InChI=1S/C12H18N4O/c1-14-10-5-11(7-15-6-10)16-4-2-3-9(8-16)12(13)17/h5-7,9,14H,2-4,8H2,1H3,(H2,13,17). The SMILES string of the molecule is CNc1cncc(N2CCCC(C(N)=O)C2)c1. The van der Waals surface area contributed by atoms with Crippen LogP contribution >= 0.6 is 0 Å². The summed E-state index contributed by atoms with van der Waals surface area (Å²) in [6.45, 7) is 1.66. The van der Waals surface area contributed by atoms with Crippen LogP contribution in [-0.2, 0) is 4.79 Å². The Labute approximate surface area is 101 Å². The third-order valence-electron chi connectivity index (χ3n) is 3.20. The van der Waals surface area contributed by atoms with Crippen LogP contribution in [0.4, 0.5) is 11.4 Å². The zero-order valence-corrected chi connectivity index (χ0v) is 10.0. The molecule has 1 aromatic heterocycles. The van der Waals surface area contributed by atoms with Crippen molar-refractivity contribution in [3.8, 4) is 0 Å². The molecule has 0 saturated carbocycles. The fraction of sp³-hybridized carbons (Fsp3) is 0.500. The van der Waals surface area contributed by atoms with E-state index in [2.05, 4.69) is 15.2 Å². The predicted molar refractivity (Wildman–Crippen MR) is 67.9 cm³/mol. The van der Waals surface area contributed by atoms with Gasteiger partial charge in [-0.3, -0.25) is 9.78 Å². The van der Waals surface area contributed by atoms with Crippen molar-refractivity contribution in [1.82, 2.24) is 4.98 Å². The van der Waals surface area contributed by atoms with E-state index in [-0.39, 0.29) is 11.8 Å². The van der Waals surface area contributed by atoms with Crippen molar-refractivity contribution in [1.29, 1.82) is 0 Å². The molecule has 2 rings (SSSR count). The first-order chi connectivity index (χ1) is 8.20. The van der Waals surface area contributed by atoms with Crippen LogP contribution in [0.3, 0.4) is 0 Å². The Morgan fingerprint density at radius 3 is 3.12 bits per heavy atom. The van der Waals surface area contributed by atoms with Gasteiger partial charge in [-0.25, -0.2) is 0 Å². The number of hydrogen-bond donors (Lipinski definition) is 2. The number of nitrogens with one attached hydrogen (secondary N) is 1. The van der Waals surface area contributed by atoms with E-state index in [9.17, 15) is 4.79 Å². The molecule has 1 fully saturated rings. The smallest absolute Gasteiger partial charge is 0.222 e. The minimum atomic E-state index is -0.201. The maximum atomic E-state index is 11.2. The quantitative estimate of drug-likeness (QED) is 0.812. The highest BCUT2D eigenvalue weighted by Gasteiger charge is 2.24. The van der Waals surface area contributed by atoms with Gasteiger partial charge in [0.2, 0.25) is 5.91 Å². The van der Waals surface area contributed by atoms with Gasteiger partial charge < -0.3 is 16.0 Å². The first-order valence-corrected chi connectivity index (χ1v) is 5.88. The lowest BCUT2D eigenvalue weighted by molar-refractivity contribution is -0.122. The van der Waals surface area contributed by atoms with Crippen molar-refractivity contribution in [2.24, 2.45) is 11.7 Å². The summed E-state index contributed by atoms with van der Waals surface area (Å²) in [6, 6.07) is 2.04. The highest BCUT2D eigenvalue weighted by molar-refractivity contribution is 5.77. The lowest BCUT2D eigenvalue weighted by atomic mass is 9.97. The number of nitrogens with two attached hydrogens (primary N) is 1. The van der Waals surface area contributed by atoms with Gasteiger partial charge in [0.05, 0.1) is 29.7 Å². The van der Waals surface area contributed by atoms with Gasteiger partial charge in [0.1, 0.15) is 0 Å². The molecule has 1 saturated heterocycles. The molecule has 1 unspecified atom stereocenters. The molecule has 92 valence electrons. The summed E-state index contributed by atoms with van der Waals surface area (Å²) in [5.41, 5.74) is 7.39. The van der Waals surface area contributed by atoms with Gasteiger partial charge in [0, 0.05) is 20.1 Å². The zero-order valence-electron chi connectivity index (χ0n) is 10.0. The number of hydrogen-bond acceptors (Lipinski definition) is 4. The third kappa shape index (κ3) is 2.67. The van der Waals surface area contributed by atoms with E-state index in [1.807, 2.05) is 19.3 Å². The van der Waals surface area contributed by atoms with Crippen molar-refractivity contribution < 1.29 is 4.79 Å². The first kappa shape index (κ1) is 11.7. The molecule has 5 nitrogen and oxygen atoms in total. The van der Waals surface area contributed by atoms with E-state index in [1.54, 1.807) is 6.20 Å². The number of rotatable bonds is 3. The van der Waals surface area contributed by atoms with Gasteiger partial charge in [-0.05, 0) is 18.9 Å². The summed E-state index contributed by atoms with van der Waals surface area (Å²) in [4.78, 5) is 17.6. The van der Waals surface area contributed by atoms with Gasteiger partial charge in [-0.15, -0.1) is 0 Å². The van der Waals surface area contributed by atoms with Crippen LogP contribution in [0.25, 0.3) is 0 Å². The second-order valence-corrected chi connectivity index (χ2v) is 4.37. The van der Waals surface area contributed by atoms with Crippen LogP contribution in [0.5, 0.6) is 0 Å². The Balaban J connectivity index is 2.13. The predicted octanol–water partition coefficient (Wildman–Crippen LogP) is 0.825. The largest absolute Gasteiger partial charge is 0.387 e. The molecule has 5 heteroatoms. The van der Waals surface area contributed by atoms with E-state index in [4.69, 9.17) is 5.73 Å². The number of pyridine rings is 1. The summed E-state index contributed by atoms with van der Waals surface area (Å²) in [7, 11) is 1.86. The minimum absolute atomic E-state index is 0.0398. The summed E-state index contributed by atoms with van der Waals surface area (Å²) >= 11 is 0. The molecule has 0 aromatic carbocycles. The number of aromatic nitrogens is 1. The fourth-order valence-corrected chi connectivity index (χ4v) is 2.18. The number of carbonyl (C=O) groups is 1. The second-order valence-electron chi connectivity index (χ2n) is 4.37. The van der Waals surface area contributed by atoms with Crippen LogP contribution < -0.4 is 16.0 Å². The number of nitrogens with zero attached hydrogens (tertiary/aromatic N) is 2. The van der Waals surface area contributed by atoms with Crippen molar-refractivity contribution in [3.05, 3.63) is 18.5 Å². The number of primary amides is 1. The highest BCUT2D eigenvalue weighted by Crippen LogP contribution is 2.24. The molecule has 0 spiro atoms. The molecule has 1 aliphatic rings. The highest BCUT2D eigenvalue weighted by atomic mass is 16.1. The molecule has 1 atom stereocenters. The summed E-state index contributed by atoms with van der Waals surface area (Å²) in [5, 5.41) is 3.06. The molecule has 0 aliphatic carbocycles. The van der Waals surface area contributed by atoms with Gasteiger partial charge in [-0.1, -0.05) is 0 Å². The Hall–Kier alpha value is -1.78. The monoisotopic (exact) mass is 234 g/mol. The summed E-state index contributed by atoms with van der Waals surface area (Å²) in [6.07, 6.45) is 5.49.